The third-order valence-corrected chi connectivity index (χ3v) is 11.4. The van der Waals surface area contributed by atoms with Crippen LogP contribution in [0, 0.1) is 17.8 Å². The standard InChI is InChI=1S/C35H48N4O8/c1-20(40)16-22(6-4-5-13-36)32(41)37-19-24-17-23(33(42)43)11-14-39(24)34(44)46-28-10-8-25-26-18-21-7-9-27(45-3)30-29(21)35(25,31(28)47-30)12-15-38(26)2/h7,9-10,22-26,31H,4-6,8,11-19,36H2,1-3H3,(H,37,41)(H,42,43)/t22-,23?,24?,25+,26-,31+,35+/m1/s1. The number of rotatable bonds is 12. The van der Waals surface area contributed by atoms with Gasteiger partial charge >= 0.3 is 12.1 Å². The number of nitrogens with one attached hydrogen (secondary N) is 1. The number of carboxylic acids is 1. The molecule has 12 nitrogen and oxygen atoms in total. The molecule has 47 heavy (non-hydrogen) atoms. The zero-order valence-corrected chi connectivity index (χ0v) is 27.7. The summed E-state index contributed by atoms with van der Waals surface area (Å²) in [6.45, 7) is 3.12. The molecule has 3 aliphatic heterocycles. The zero-order valence-electron chi connectivity index (χ0n) is 27.7. The van der Waals surface area contributed by atoms with Crippen molar-refractivity contribution < 1.29 is 38.5 Å². The molecule has 1 aromatic rings. The molecular formula is C35H48N4O8. The summed E-state index contributed by atoms with van der Waals surface area (Å²) in [5, 5.41) is 12.7. The number of Topliss-reactive ketones (excluding diaryl/α,β-unsaturated/α-hetero) is 1. The number of hydrogen-bond acceptors (Lipinski definition) is 9. The van der Waals surface area contributed by atoms with Gasteiger partial charge in [-0.25, -0.2) is 4.79 Å². The largest absolute Gasteiger partial charge is 0.493 e. The Balaban J connectivity index is 1.21. The molecule has 12 heteroatoms. The second-order valence-electron chi connectivity index (χ2n) is 14.0. The van der Waals surface area contributed by atoms with E-state index in [0.717, 1.165) is 44.4 Å². The van der Waals surface area contributed by atoms with Crippen LogP contribution in [0.5, 0.6) is 11.5 Å². The fraction of sp³-hybridized carbons (Fsp3) is 0.657. The van der Waals surface area contributed by atoms with Gasteiger partial charge in [0.2, 0.25) is 5.91 Å². The van der Waals surface area contributed by atoms with Gasteiger partial charge in [0, 0.05) is 42.4 Å². The number of amides is 2. The number of nitrogens with two attached hydrogens (primary N) is 1. The number of aliphatic carboxylic acids is 1. The first-order chi connectivity index (χ1) is 22.6. The Kier molecular flexibility index (Phi) is 9.53. The number of allylic oxidation sites excluding steroid dienone is 1. The number of carboxylic acid groups (broad SMARTS) is 1. The molecule has 4 N–H and O–H groups in total. The first kappa shape index (κ1) is 33.3. The van der Waals surface area contributed by atoms with E-state index in [-0.39, 0.29) is 49.5 Å². The van der Waals surface area contributed by atoms with Gasteiger partial charge in [-0.15, -0.1) is 0 Å². The molecule has 7 atom stereocenters. The number of hydrogen-bond donors (Lipinski definition) is 3. The van der Waals surface area contributed by atoms with Crippen molar-refractivity contribution in [2.24, 2.45) is 23.5 Å². The molecule has 2 bridgehead atoms. The van der Waals surface area contributed by atoms with E-state index >= 15 is 0 Å². The Morgan fingerprint density at radius 2 is 2.02 bits per heavy atom. The number of methoxy groups -OCH3 is 1. The lowest BCUT2D eigenvalue weighted by molar-refractivity contribution is -0.144. The minimum Gasteiger partial charge on any atom is -0.493 e. The van der Waals surface area contributed by atoms with Crippen LogP contribution in [0.1, 0.15) is 69.4 Å². The van der Waals surface area contributed by atoms with E-state index in [0.29, 0.717) is 36.4 Å². The van der Waals surface area contributed by atoms with Gasteiger partial charge in [0.15, 0.2) is 17.6 Å². The van der Waals surface area contributed by atoms with Crippen LogP contribution in [0.3, 0.4) is 0 Å². The normalized spacial score (nSPS) is 29.6. The number of piperidine rings is 2. The van der Waals surface area contributed by atoms with Crippen molar-refractivity contribution in [3.05, 3.63) is 35.1 Å². The van der Waals surface area contributed by atoms with Crippen molar-refractivity contribution in [1.29, 1.82) is 0 Å². The number of ether oxygens (including phenoxy) is 3. The summed E-state index contributed by atoms with van der Waals surface area (Å²) in [5.74, 6) is -0.251. The highest BCUT2D eigenvalue weighted by atomic mass is 16.6. The summed E-state index contributed by atoms with van der Waals surface area (Å²) >= 11 is 0. The molecule has 1 aromatic carbocycles. The highest BCUT2D eigenvalue weighted by molar-refractivity contribution is 5.85. The minimum atomic E-state index is -0.929. The lowest BCUT2D eigenvalue weighted by atomic mass is 9.53. The Labute approximate surface area is 275 Å². The Morgan fingerprint density at radius 3 is 2.74 bits per heavy atom. The second kappa shape index (κ2) is 13.5. The van der Waals surface area contributed by atoms with Crippen LogP contribution in [-0.2, 0) is 31.0 Å². The minimum absolute atomic E-state index is 0.0635. The maximum Gasteiger partial charge on any atom is 0.415 e. The van der Waals surface area contributed by atoms with Gasteiger partial charge in [-0.3, -0.25) is 9.59 Å². The summed E-state index contributed by atoms with van der Waals surface area (Å²) in [6.07, 6.45) is 6.06. The fourth-order valence-corrected chi connectivity index (χ4v) is 9.00. The molecule has 256 valence electrons. The van der Waals surface area contributed by atoms with Gasteiger partial charge in [-0.05, 0) is 95.6 Å². The molecule has 2 amide bonds. The summed E-state index contributed by atoms with van der Waals surface area (Å²) in [7, 11) is 3.82. The fourth-order valence-electron chi connectivity index (χ4n) is 9.00. The van der Waals surface area contributed by atoms with Gasteiger partial charge < -0.3 is 45.0 Å². The van der Waals surface area contributed by atoms with Gasteiger partial charge in [0.25, 0.3) is 0 Å². The third kappa shape index (κ3) is 5.99. The molecule has 6 rings (SSSR count). The number of benzene rings is 1. The van der Waals surface area contributed by atoms with E-state index in [1.54, 1.807) is 12.0 Å². The predicted molar refractivity (Wildman–Crippen MR) is 172 cm³/mol. The first-order valence-electron chi connectivity index (χ1n) is 17.0. The number of ketones is 1. The van der Waals surface area contributed by atoms with Crippen LogP contribution >= 0.6 is 0 Å². The summed E-state index contributed by atoms with van der Waals surface area (Å²) in [5.41, 5.74) is 7.73. The van der Waals surface area contributed by atoms with E-state index in [1.165, 1.54) is 18.1 Å². The van der Waals surface area contributed by atoms with Crippen LogP contribution in [0.25, 0.3) is 0 Å². The lowest BCUT2D eigenvalue weighted by Gasteiger charge is -2.56. The number of nitrogens with zero attached hydrogens (tertiary/aromatic N) is 2. The molecule has 2 unspecified atom stereocenters. The van der Waals surface area contributed by atoms with Crippen molar-refractivity contribution in [1.82, 2.24) is 15.1 Å². The number of unbranched alkanes of at least 4 members (excludes halogenated alkanes) is 1. The first-order valence-corrected chi connectivity index (χ1v) is 17.0. The van der Waals surface area contributed by atoms with Crippen molar-refractivity contribution in [2.45, 2.75) is 88.3 Å². The van der Waals surface area contributed by atoms with E-state index in [9.17, 15) is 24.3 Å². The number of likely N-dealkylation sites (N-methyl/N-ethyl adjacent to an activating group) is 1. The van der Waals surface area contributed by atoms with Gasteiger partial charge in [0.05, 0.1) is 19.1 Å². The van der Waals surface area contributed by atoms with Crippen LogP contribution in [0.4, 0.5) is 4.79 Å². The monoisotopic (exact) mass is 652 g/mol. The second-order valence-corrected chi connectivity index (χ2v) is 14.0. The van der Waals surface area contributed by atoms with Crippen LogP contribution in [0.15, 0.2) is 24.0 Å². The Bertz CT molecular complexity index is 1450. The molecule has 0 aromatic heterocycles. The summed E-state index contributed by atoms with van der Waals surface area (Å²) in [6, 6.07) is 3.86. The molecule has 5 aliphatic rings. The SMILES string of the molecule is COc1ccc2c3c1O[C@H]1C(OC(=O)N4CCC(C(=O)O)CC4CNC(=O)[C@H](CCCCN)CC(C)=O)=CC[C@H]4[C@@H](C2)N(C)CC[C@]314. The zero-order chi connectivity index (χ0) is 33.5. The van der Waals surface area contributed by atoms with E-state index < -0.39 is 36.0 Å². The average molecular weight is 653 g/mol. The average Bonchev–Trinajstić information content (AvgIpc) is 3.40. The number of carbonyl (C=O) groups is 4. The van der Waals surface area contributed by atoms with Crippen LogP contribution in [0.2, 0.25) is 0 Å². The lowest BCUT2D eigenvalue weighted by Crippen LogP contribution is -2.63. The molecular weight excluding hydrogens is 604 g/mol. The van der Waals surface area contributed by atoms with E-state index in [4.69, 9.17) is 19.9 Å². The van der Waals surface area contributed by atoms with E-state index in [2.05, 4.69) is 23.3 Å². The smallest absolute Gasteiger partial charge is 0.415 e. The Morgan fingerprint density at radius 1 is 1.21 bits per heavy atom. The van der Waals surface area contributed by atoms with Crippen molar-refractivity contribution in [2.75, 3.05) is 40.3 Å². The van der Waals surface area contributed by atoms with Gasteiger partial charge in [-0.1, -0.05) is 12.5 Å². The van der Waals surface area contributed by atoms with Crippen molar-refractivity contribution in [3.8, 4) is 11.5 Å². The van der Waals surface area contributed by atoms with Gasteiger partial charge in [-0.2, -0.15) is 0 Å². The quantitative estimate of drug-likeness (QED) is 0.287. The van der Waals surface area contributed by atoms with Crippen molar-refractivity contribution >= 4 is 23.8 Å². The number of likely N-dealkylation sites (tertiary alicyclic amines) is 2. The molecule has 2 fully saturated rings. The summed E-state index contributed by atoms with van der Waals surface area (Å²) < 4.78 is 18.7. The van der Waals surface area contributed by atoms with Crippen LogP contribution in [-0.4, -0.2) is 97.2 Å². The summed E-state index contributed by atoms with van der Waals surface area (Å²) in [4.78, 5) is 55.0. The maximum atomic E-state index is 14.0. The highest BCUT2D eigenvalue weighted by Gasteiger charge is 2.65. The Hall–Kier alpha value is -3.64. The third-order valence-electron chi connectivity index (χ3n) is 11.4. The number of carbonyl (C=O) groups excluding carboxylic acids is 3. The predicted octanol–water partition coefficient (Wildman–Crippen LogP) is 3.00. The van der Waals surface area contributed by atoms with Crippen LogP contribution < -0.4 is 20.5 Å². The van der Waals surface area contributed by atoms with E-state index in [1.807, 2.05) is 12.1 Å². The molecule has 1 spiro atoms. The molecule has 2 saturated heterocycles. The molecule has 2 aliphatic carbocycles. The molecule has 0 saturated carbocycles. The van der Waals surface area contributed by atoms with Gasteiger partial charge in [0.1, 0.15) is 11.5 Å². The molecule has 0 radical (unpaired) electrons. The topological polar surface area (TPSA) is 161 Å². The highest BCUT2D eigenvalue weighted by Crippen LogP contribution is 2.63. The van der Waals surface area contributed by atoms with Crippen molar-refractivity contribution in [3.63, 3.8) is 0 Å². The maximum absolute atomic E-state index is 14.0. The molecule has 3 heterocycles.